The van der Waals surface area contributed by atoms with Crippen LogP contribution in [-0.4, -0.2) is 17.7 Å². The van der Waals surface area contributed by atoms with Crippen molar-refractivity contribution in [3.8, 4) is 0 Å². The molecule has 3 heteroatoms. The minimum Gasteiger partial charge on any atom is -0.494 e. The minimum absolute atomic E-state index is 0.347. The number of ether oxygens (including phenoxy) is 1. The van der Waals surface area contributed by atoms with Crippen LogP contribution in [0, 0.1) is 18.8 Å². The van der Waals surface area contributed by atoms with E-state index in [1.807, 2.05) is 40.7 Å². The molecule has 29 heavy (non-hydrogen) atoms. The standard InChI is InChI=1S/C14H22O.C8H8O2.2C2H6/c1-5-10-15-14-9-8-13(11(2)3)7-6-12(14)4;1-6-3-2-4-7(5-6)8(9)10;2*1-2/h5-7,11,13H,1,8-10H2,2-4H3;2-5H,1H3,(H,9,10);2*1-2H3. The normalized spacial score (nSPS) is 14.9. The van der Waals surface area contributed by atoms with Crippen molar-refractivity contribution in [1.82, 2.24) is 0 Å². The van der Waals surface area contributed by atoms with E-state index in [0.717, 1.165) is 17.7 Å². The van der Waals surface area contributed by atoms with Gasteiger partial charge in [0.15, 0.2) is 0 Å². The van der Waals surface area contributed by atoms with Crippen LogP contribution in [0.4, 0.5) is 0 Å². The molecule has 0 saturated carbocycles. The molecule has 2 rings (SSSR count). The topological polar surface area (TPSA) is 46.5 Å². The SMILES string of the molecule is C=CCOC1=C(C)C=CC(C(C)C)CC1.CC.CC.Cc1cccc(C(=O)O)c1. The summed E-state index contributed by atoms with van der Waals surface area (Å²) in [6, 6.07) is 6.82. The van der Waals surface area contributed by atoms with Gasteiger partial charge in [-0.3, -0.25) is 0 Å². The Balaban J connectivity index is 0. The number of carbonyl (C=O) groups is 1. The molecule has 1 N–H and O–H groups in total. The van der Waals surface area contributed by atoms with E-state index in [9.17, 15) is 4.79 Å². The van der Waals surface area contributed by atoms with Crippen LogP contribution in [0.1, 0.15) is 77.2 Å². The maximum Gasteiger partial charge on any atom is 0.335 e. The van der Waals surface area contributed by atoms with Gasteiger partial charge in [-0.25, -0.2) is 4.79 Å². The molecule has 0 fully saturated rings. The molecule has 0 bridgehead atoms. The number of aryl methyl sites for hydroxylation is 1. The van der Waals surface area contributed by atoms with E-state index in [4.69, 9.17) is 9.84 Å². The number of hydrogen-bond donors (Lipinski definition) is 1. The number of carboxylic acids is 1. The second kappa shape index (κ2) is 17.8. The molecule has 1 aliphatic rings. The third-order valence-corrected chi connectivity index (χ3v) is 4.23. The summed E-state index contributed by atoms with van der Waals surface area (Å²) in [6.45, 7) is 20.8. The van der Waals surface area contributed by atoms with Crippen molar-refractivity contribution in [3.05, 3.63) is 71.5 Å². The summed E-state index contributed by atoms with van der Waals surface area (Å²) in [5, 5.41) is 8.51. The zero-order valence-electron chi connectivity index (χ0n) is 19.8. The number of hydrogen-bond acceptors (Lipinski definition) is 2. The quantitative estimate of drug-likeness (QED) is 0.510. The van der Waals surface area contributed by atoms with Gasteiger partial charge in [-0.1, -0.05) is 84.0 Å². The van der Waals surface area contributed by atoms with E-state index in [0.29, 0.717) is 24.0 Å². The second-order valence-corrected chi connectivity index (χ2v) is 6.69. The number of rotatable bonds is 5. The Morgan fingerprint density at radius 2 is 1.86 bits per heavy atom. The van der Waals surface area contributed by atoms with Crippen molar-refractivity contribution < 1.29 is 14.6 Å². The lowest BCUT2D eigenvalue weighted by molar-refractivity contribution is 0.0696. The van der Waals surface area contributed by atoms with Crippen LogP contribution in [-0.2, 0) is 4.74 Å². The zero-order chi connectivity index (χ0) is 22.8. The predicted molar refractivity (Wildman–Crippen MR) is 126 cm³/mol. The van der Waals surface area contributed by atoms with E-state index in [1.165, 1.54) is 12.0 Å². The van der Waals surface area contributed by atoms with Gasteiger partial charge in [-0.15, -0.1) is 0 Å². The number of benzene rings is 1. The van der Waals surface area contributed by atoms with Crippen LogP contribution in [0.2, 0.25) is 0 Å². The molecule has 0 spiro atoms. The second-order valence-electron chi connectivity index (χ2n) is 6.69. The smallest absolute Gasteiger partial charge is 0.335 e. The van der Waals surface area contributed by atoms with Gasteiger partial charge in [0, 0.05) is 6.42 Å². The van der Waals surface area contributed by atoms with Gasteiger partial charge >= 0.3 is 5.97 Å². The van der Waals surface area contributed by atoms with Crippen LogP contribution >= 0.6 is 0 Å². The summed E-state index contributed by atoms with van der Waals surface area (Å²) < 4.78 is 5.66. The van der Waals surface area contributed by atoms with Crippen LogP contribution in [0.3, 0.4) is 0 Å². The first-order chi connectivity index (χ1) is 13.8. The van der Waals surface area contributed by atoms with Gasteiger partial charge in [0.25, 0.3) is 0 Å². The summed E-state index contributed by atoms with van der Waals surface area (Å²) in [7, 11) is 0. The predicted octanol–water partition coefficient (Wildman–Crippen LogP) is 7.83. The fraction of sp³-hybridized carbons (Fsp3) is 0.500. The molecule has 1 aliphatic carbocycles. The van der Waals surface area contributed by atoms with Crippen molar-refractivity contribution >= 4 is 5.97 Å². The lowest BCUT2D eigenvalue weighted by Crippen LogP contribution is -2.05. The van der Waals surface area contributed by atoms with Crippen molar-refractivity contribution in [2.45, 2.75) is 68.2 Å². The lowest BCUT2D eigenvalue weighted by Gasteiger charge is -2.15. The molecule has 0 aromatic heterocycles. The highest BCUT2D eigenvalue weighted by Crippen LogP contribution is 2.27. The summed E-state index contributed by atoms with van der Waals surface area (Å²) in [5.74, 6) is 1.66. The van der Waals surface area contributed by atoms with Gasteiger partial charge in [-0.05, 0) is 49.8 Å². The van der Waals surface area contributed by atoms with E-state index >= 15 is 0 Å². The van der Waals surface area contributed by atoms with Gasteiger partial charge in [0.1, 0.15) is 6.61 Å². The first kappa shape index (κ1) is 28.9. The third-order valence-electron chi connectivity index (χ3n) is 4.23. The molecule has 1 aromatic carbocycles. The average Bonchev–Trinajstić information content (AvgIpc) is 2.91. The van der Waals surface area contributed by atoms with Gasteiger partial charge in [-0.2, -0.15) is 0 Å². The summed E-state index contributed by atoms with van der Waals surface area (Å²) >= 11 is 0. The monoisotopic (exact) mass is 402 g/mol. The molecular weight excluding hydrogens is 360 g/mol. The lowest BCUT2D eigenvalue weighted by atomic mass is 9.91. The Hall–Kier alpha value is -2.29. The number of allylic oxidation sites excluding steroid dienone is 4. The molecule has 1 aromatic rings. The molecule has 0 radical (unpaired) electrons. The van der Waals surface area contributed by atoms with Crippen LogP contribution in [0.5, 0.6) is 0 Å². The van der Waals surface area contributed by atoms with Crippen LogP contribution in [0.15, 0.2) is 60.4 Å². The fourth-order valence-electron chi connectivity index (χ4n) is 2.63. The van der Waals surface area contributed by atoms with Crippen molar-refractivity contribution in [1.29, 1.82) is 0 Å². The zero-order valence-corrected chi connectivity index (χ0v) is 19.8. The molecule has 0 amide bonds. The molecule has 3 nitrogen and oxygen atoms in total. The molecule has 0 heterocycles. The largest absolute Gasteiger partial charge is 0.494 e. The molecule has 1 atom stereocenters. The van der Waals surface area contributed by atoms with Crippen molar-refractivity contribution in [2.75, 3.05) is 6.61 Å². The fourth-order valence-corrected chi connectivity index (χ4v) is 2.63. The van der Waals surface area contributed by atoms with Gasteiger partial charge in [0.2, 0.25) is 0 Å². The van der Waals surface area contributed by atoms with E-state index in [-0.39, 0.29) is 0 Å². The molecule has 1 unspecified atom stereocenters. The highest BCUT2D eigenvalue weighted by Gasteiger charge is 2.15. The maximum atomic E-state index is 10.4. The summed E-state index contributed by atoms with van der Waals surface area (Å²) in [4.78, 5) is 10.4. The Labute approximate surface area is 179 Å². The molecule has 0 saturated heterocycles. The highest BCUT2D eigenvalue weighted by molar-refractivity contribution is 5.87. The first-order valence-electron chi connectivity index (χ1n) is 10.8. The van der Waals surface area contributed by atoms with E-state index in [1.54, 1.807) is 24.3 Å². The number of aromatic carboxylic acids is 1. The Bertz CT molecular complexity index is 639. The van der Waals surface area contributed by atoms with E-state index in [2.05, 4.69) is 39.5 Å². The Morgan fingerprint density at radius 3 is 2.31 bits per heavy atom. The highest BCUT2D eigenvalue weighted by atomic mass is 16.5. The molecule has 0 aliphatic heterocycles. The Morgan fingerprint density at radius 1 is 1.24 bits per heavy atom. The Kier molecular flexibility index (Phi) is 17.7. The minimum atomic E-state index is -0.872. The van der Waals surface area contributed by atoms with Crippen molar-refractivity contribution in [2.24, 2.45) is 11.8 Å². The molecular formula is C26H42O3. The first-order valence-corrected chi connectivity index (χ1v) is 10.8. The average molecular weight is 403 g/mol. The third kappa shape index (κ3) is 12.7. The summed E-state index contributed by atoms with van der Waals surface area (Å²) in [5.41, 5.74) is 2.58. The van der Waals surface area contributed by atoms with Crippen LogP contribution in [0.25, 0.3) is 0 Å². The maximum absolute atomic E-state index is 10.4. The van der Waals surface area contributed by atoms with E-state index < -0.39 is 5.97 Å². The summed E-state index contributed by atoms with van der Waals surface area (Å²) in [6.07, 6.45) is 8.57. The molecule has 164 valence electrons. The van der Waals surface area contributed by atoms with Gasteiger partial charge < -0.3 is 9.84 Å². The number of carboxylic acid groups (broad SMARTS) is 1. The van der Waals surface area contributed by atoms with Crippen LogP contribution < -0.4 is 0 Å². The van der Waals surface area contributed by atoms with Crippen molar-refractivity contribution in [3.63, 3.8) is 0 Å². The van der Waals surface area contributed by atoms with Gasteiger partial charge in [0.05, 0.1) is 11.3 Å².